The summed E-state index contributed by atoms with van der Waals surface area (Å²) in [5, 5.41) is 8.80. The molecule has 8 heteroatoms. The number of hydrogen-bond acceptors (Lipinski definition) is 4. The van der Waals surface area contributed by atoms with Gasteiger partial charge in [-0.15, -0.1) is 24.8 Å². The number of halogens is 4. The van der Waals surface area contributed by atoms with Crippen molar-refractivity contribution in [2.24, 2.45) is 0 Å². The second-order valence-electron chi connectivity index (χ2n) is 3.66. The van der Waals surface area contributed by atoms with Gasteiger partial charge in [-0.25, -0.2) is 0 Å². The molecule has 0 aliphatic heterocycles. The van der Waals surface area contributed by atoms with E-state index in [4.69, 9.17) is 16.9 Å². The number of nitriles is 1. The first kappa shape index (κ1) is 16.1. The zero-order chi connectivity index (χ0) is 15.3. The van der Waals surface area contributed by atoms with Gasteiger partial charge in [-0.05, 0) is 17.7 Å². The fourth-order valence-corrected chi connectivity index (χ4v) is 1.82. The van der Waals surface area contributed by atoms with Gasteiger partial charge in [-0.3, -0.25) is 4.79 Å². The molecular formula is C12H9ClF3NO3. The van der Waals surface area contributed by atoms with E-state index in [1.807, 2.05) is 0 Å². The van der Waals surface area contributed by atoms with E-state index in [1.54, 1.807) is 6.07 Å². The summed E-state index contributed by atoms with van der Waals surface area (Å²) in [6.45, 7) is 0. The minimum Gasteiger partial charge on any atom is -0.469 e. The van der Waals surface area contributed by atoms with Crippen LogP contribution in [0.2, 0.25) is 0 Å². The molecule has 0 fully saturated rings. The minimum absolute atomic E-state index is 0.00612. The predicted octanol–water partition coefficient (Wildman–Crippen LogP) is 2.91. The van der Waals surface area contributed by atoms with E-state index in [0.717, 1.165) is 13.2 Å². The summed E-state index contributed by atoms with van der Waals surface area (Å²) < 4.78 is 45.2. The maximum Gasteiger partial charge on any atom is 0.573 e. The zero-order valence-electron chi connectivity index (χ0n) is 10.3. The molecule has 1 rings (SSSR count). The Morgan fingerprint density at radius 3 is 2.55 bits per heavy atom. The molecule has 0 saturated heterocycles. The van der Waals surface area contributed by atoms with E-state index >= 15 is 0 Å². The lowest BCUT2D eigenvalue weighted by Crippen LogP contribution is -2.19. The van der Waals surface area contributed by atoms with E-state index < -0.39 is 18.1 Å². The molecule has 0 bridgehead atoms. The molecule has 108 valence electrons. The van der Waals surface area contributed by atoms with E-state index in [1.165, 1.54) is 6.07 Å². The zero-order valence-corrected chi connectivity index (χ0v) is 11.0. The number of benzene rings is 1. The summed E-state index contributed by atoms with van der Waals surface area (Å²) in [6.07, 6.45) is -5.22. The third-order valence-corrected chi connectivity index (χ3v) is 2.62. The highest BCUT2D eigenvalue weighted by Gasteiger charge is 2.32. The maximum atomic E-state index is 12.3. The van der Waals surface area contributed by atoms with Crippen LogP contribution in [0.5, 0.6) is 5.75 Å². The van der Waals surface area contributed by atoms with E-state index in [-0.39, 0.29) is 29.0 Å². The first-order valence-electron chi connectivity index (χ1n) is 5.25. The van der Waals surface area contributed by atoms with Gasteiger partial charge in [0.1, 0.15) is 5.75 Å². The SMILES string of the molecule is COC(=O)Cc1cc(C#N)cc(OC(F)(F)F)c1CCl. The van der Waals surface area contributed by atoms with E-state index in [0.29, 0.717) is 0 Å². The number of nitrogens with zero attached hydrogens (tertiary/aromatic N) is 1. The molecule has 1 aromatic carbocycles. The highest BCUT2D eigenvalue weighted by atomic mass is 35.5. The van der Waals surface area contributed by atoms with Crippen LogP contribution in [0.1, 0.15) is 16.7 Å². The number of carbonyl (C=O) groups excluding carboxylic acids is 1. The molecule has 0 aliphatic carbocycles. The molecule has 20 heavy (non-hydrogen) atoms. The number of alkyl halides is 4. The first-order chi connectivity index (χ1) is 9.30. The van der Waals surface area contributed by atoms with Crippen LogP contribution in [0.4, 0.5) is 13.2 Å². The third-order valence-electron chi connectivity index (χ3n) is 2.35. The average Bonchev–Trinajstić information content (AvgIpc) is 2.36. The Kier molecular flexibility index (Phi) is 5.22. The van der Waals surface area contributed by atoms with Crippen LogP contribution >= 0.6 is 11.6 Å². The Morgan fingerprint density at radius 1 is 1.45 bits per heavy atom. The molecule has 0 saturated carbocycles. The monoisotopic (exact) mass is 307 g/mol. The van der Waals surface area contributed by atoms with Gasteiger partial charge < -0.3 is 9.47 Å². The van der Waals surface area contributed by atoms with Crippen LogP contribution in [0.25, 0.3) is 0 Å². The molecule has 4 nitrogen and oxygen atoms in total. The topological polar surface area (TPSA) is 59.3 Å². The Balaban J connectivity index is 3.32. The molecule has 0 unspecified atom stereocenters. The highest BCUT2D eigenvalue weighted by Crippen LogP contribution is 2.31. The van der Waals surface area contributed by atoms with Gasteiger partial charge in [0.15, 0.2) is 0 Å². The Labute approximate surface area is 117 Å². The van der Waals surface area contributed by atoms with Crippen molar-refractivity contribution in [1.29, 1.82) is 5.26 Å². The van der Waals surface area contributed by atoms with Gasteiger partial charge in [-0.1, -0.05) is 0 Å². The molecule has 0 amide bonds. The van der Waals surface area contributed by atoms with Crippen molar-refractivity contribution in [3.63, 3.8) is 0 Å². The Bertz CT molecular complexity index is 552. The van der Waals surface area contributed by atoms with Gasteiger partial charge in [0, 0.05) is 5.56 Å². The van der Waals surface area contributed by atoms with Gasteiger partial charge >= 0.3 is 12.3 Å². The van der Waals surface area contributed by atoms with Gasteiger partial charge in [-0.2, -0.15) is 5.26 Å². The predicted molar refractivity (Wildman–Crippen MR) is 63.1 cm³/mol. The van der Waals surface area contributed by atoms with Crippen molar-refractivity contribution in [2.75, 3.05) is 7.11 Å². The lowest BCUT2D eigenvalue weighted by Gasteiger charge is -2.15. The Hall–Kier alpha value is -1.94. The van der Waals surface area contributed by atoms with Gasteiger partial charge in [0.05, 0.1) is 31.0 Å². The normalized spacial score (nSPS) is 10.8. The molecule has 0 aliphatic rings. The number of rotatable bonds is 4. The number of methoxy groups -OCH3 is 1. The average molecular weight is 308 g/mol. The molecule has 0 atom stereocenters. The Morgan fingerprint density at radius 2 is 2.10 bits per heavy atom. The lowest BCUT2D eigenvalue weighted by atomic mass is 10.0. The van der Waals surface area contributed by atoms with Gasteiger partial charge in [0.2, 0.25) is 0 Å². The van der Waals surface area contributed by atoms with Crippen LogP contribution in [0, 0.1) is 11.3 Å². The highest BCUT2D eigenvalue weighted by molar-refractivity contribution is 6.17. The van der Waals surface area contributed by atoms with Crippen LogP contribution in [0.15, 0.2) is 12.1 Å². The minimum atomic E-state index is -4.92. The number of esters is 1. The van der Waals surface area contributed by atoms with Crippen LogP contribution in [-0.2, 0) is 21.8 Å². The second kappa shape index (κ2) is 6.48. The van der Waals surface area contributed by atoms with E-state index in [2.05, 4.69) is 9.47 Å². The summed E-state index contributed by atoms with van der Waals surface area (Å²) in [7, 11) is 1.14. The molecular weight excluding hydrogens is 299 g/mol. The summed E-state index contributed by atoms with van der Waals surface area (Å²) in [5.74, 6) is -1.56. The fraction of sp³-hybridized carbons (Fsp3) is 0.333. The number of carbonyl (C=O) groups is 1. The van der Waals surface area contributed by atoms with Crippen molar-refractivity contribution < 1.29 is 27.4 Å². The lowest BCUT2D eigenvalue weighted by molar-refractivity contribution is -0.274. The standard InChI is InChI=1S/C12H9ClF3NO3/c1-19-11(18)4-8-2-7(6-17)3-10(9(8)5-13)20-12(14,15)16/h2-3H,4-5H2,1H3. The molecule has 0 spiro atoms. The van der Waals surface area contributed by atoms with Crippen LogP contribution < -0.4 is 4.74 Å². The first-order valence-corrected chi connectivity index (χ1v) is 5.78. The third kappa shape index (κ3) is 4.31. The molecule has 0 radical (unpaired) electrons. The van der Waals surface area contributed by atoms with Crippen LogP contribution in [0.3, 0.4) is 0 Å². The fourth-order valence-electron chi connectivity index (χ4n) is 1.52. The maximum absolute atomic E-state index is 12.3. The number of hydrogen-bond donors (Lipinski definition) is 0. The van der Waals surface area contributed by atoms with Crippen molar-refractivity contribution in [1.82, 2.24) is 0 Å². The number of ether oxygens (including phenoxy) is 2. The molecule has 0 N–H and O–H groups in total. The summed E-state index contributed by atoms with van der Waals surface area (Å²) in [6, 6.07) is 3.89. The molecule has 0 heterocycles. The van der Waals surface area contributed by atoms with Crippen molar-refractivity contribution in [3.05, 3.63) is 28.8 Å². The van der Waals surface area contributed by atoms with Gasteiger partial charge in [0.25, 0.3) is 0 Å². The summed E-state index contributed by atoms with van der Waals surface area (Å²) >= 11 is 5.61. The molecule has 1 aromatic rings. The molecule has 0 aromatic heterocycles. The van der Waals surface area contributed by atoms with Crippen molar-refractivity contribution in [2.45, 2.75) is 18.7 Å². The van der Waals surface area contributed by atoms with Crippen molar-refractivity contribution >= 4 is 17.6 Å². The summed E-state index contributed by atoms with van der Waals surface area (Å²) in [4.78, 5) is 11.2. The van der Waals surface area contributed by atoms with Crippen molar-refractivity contribution in [3.8, 4) is 11.8 Å². The second-order valence-corrected chi connectivity index (χ2v) is 3.93. The van der Waals surface area contributed by atoms with Crippen LogP contribution in [-0.4, -0.2) is 19.4 Å². The smallest absolute Gasteiger partial charge is 0.469 e. The quantitative estimate of drug-likeness (QED) is 0.634. The summed E-state index contributed by atoms with van der Waals surface area (Å²) in [5.41, 5.74) is 0.0792. The van der Waals surface area contributed by atoms with E-state index in [9.17, 15) is 18.0 Å². The largest absolute Gasteiger partial charge is 0.573 e.